The Balaban J connectivity index is 2.04. The third kappa shape index (κ3) is 2.15. The van der Waals surface area contributed by atoms with Crippen molar-refractivity contribution < 1.29 is 24.9 Å². The molecule has 4 unspecified atom stereocenters. The zero-order valence-electron chi connectivity index (χ0n) is 11.5. The normalized spacial score (nSPS) is 32.7. The summed E-state index contributed by atoms with van der Waals surface area (Å²) in [6.07, 6.45) is -0.710. The number of rotatable bonds is 3. The molecule has 4 atom stereocenters. The van der Waals surface area contributed by atoms with Crippen LogP contribution in [0.1, 0.15) is 13.2 Å². The van der Waals surface area contributed by atoms with Gasteiger partial charge in [0.15, 0.2) is 17.8 Å². The van der Waals surface area contributed by atoms with Gasteiger partial charge in [0.1, 0.15) is 24.2 Å². The largest absolute Gasteiger partial charge is 0.385 e. The number of nitrogens with one attached hydrogen (secondary N) is 1. The van der Waals surface area contributed by atoms with E-state index in [1.807, 2.05) is 0 Å². The van der Waals surface area contributed by atoms with E-state index < -0.39 is 24.2 Å². The number of aliphatic hydroxyl groups excluding tert-OH is 2. The molecule has 0 aliphatic carbocycles. The van der Waals surface area contributed by atoms with Crippen LogP contribution in [0.5, 0.6) is 0 Å². The number of fused-ring (bicyclic) bond motifs is 1. The zero-order valence-corrected chi connectivity index (χ0v) is 11.5. The summed E-state index contributed by atoms with van der Waals surface area (Å²) in [6, 6.07) is 1.71. The van der Waals surface area contributed by atoms with Gasteiger partial charge in [-0.3, -0.25) is 4.84 Å². The first-order chi connectivity index (χ1) is 9.95. The van der Waals surface area contributed by atoms with E-state index in [1.54, 1.807) is 12.3 Å². The monoisotopic (exact) mass is 296 g/mol. The zero-order chi connectivity index (χ0) is 15.2. The van der Waals surface area contributed by atoms with E-state index in [-0.39, 0.29) is 0 Å². The molecule has 9 heteroatoms. The van der Waals surface area contributed by atoms with Crippen molar-refractivity contribution in [2.45, 2.75) is 31.1 Å². The van der Waals surface area contributed by atoms with Crippen molar-refractivity contribution in [1.29, 1.82) is 0 Å². The molecule has 1 aliphatic rings. The summed E-state index contributed by atoms with van der Waals surface area (Å²) in [6.45, 7) is 1.29. The Hall–Kier alpha value is -1.78. The number of aromatic nitrogens is 3. The van der Waals surface area contributed by atoms with Crippen LogP contribution in [0.2, 0.25) is 0 Å². The lowest BCUT2D eigenvalue weighted by atomic mass is 10.1. The minimum Gasteiger partial charge on any atom is -0.385 e. The first-order valence-corrected chi connectivity index (χ1v) is 6.32. The highest BCUT2D eigenvalue weighted by Crippen LogP contribution is 2.37. The molecule has 3 rings (SSSR count). The van der Waals surface area contributed by atoms with Gasteiger partial charge in [-0.15, -0.1) is 0 Å². The standard InChI is InChI=1S/C12H16N4O5/c1-12(19)8(18)7(17)11(21-12)16-4-3-6-9(15-20-2)13-5-14-10(6)16/h3-5,7-8,11,17-19H,1-2H3,(H,13,14,15). The first-order valence-electron chi connectivity index (χ1n) is 6.32. The number of hydrogen-bond donors (Lipinski definition) is 4. The van der Waals surface area contributed by atoms with E-state index in [1.165, 1.54) is 24.9 Å². The maximum atomic E-state index is 10.1. The van der Waals surface area contributed by atoms with Crippen LogP contribution in [0, 0.1) is 0 Å². The summed E-state index contributed by atoms with van der Waals surface area (Å²) in [4.78, 5) is 13.0. The molecule has 4 N–H and O–H groups in total. The van der Waals surface area contributed by atoms with Crippen LogP contribution >= 0.6 is 0 Å². The maximum Gasteiger partial charge on any atom is 0.194 e. The maximum absolute atomic E-state index is 10.1. The molecular formula is C12H16N4O5. The van der Waals surface area contributed by atoms with Crippen LogP contribution in [-0.2, 0) is 9.57 Å². The third-order valence-electron chi connectivity index (χ3n) is 3.51. The lowest BCUT2D eigenvalue weighted by molar-refractivity contribution is -0.224. The Kier molecular flexibility index (Phi) is 3.30. The molecule has 3 heterocycles. The number of nitrogens with zero attached hydrogens (tertiary/aromatic N) is 3. The molecule has 0 bridgehead atoms. The van der Waals surface area contributed by atoms with Crippen molar-refractivity contribution in [2.75, 3.05) is 12.6 Å². The molecule has 0 spiro atoms. The molecule has 114 valence electrons. The lowest BCUT2D eigenvalue weighted by Gasteiger charge is -2.20. The van der Waals surface area contributed by atoms with Gasteiger partial charge in [-0.2, -0.15) is 0 Å². The molecule has 1 saturated heterocycles. The fourth-order valence-electron chi connectivity index (χ4n) is 2.43. The number of anilines is 1. The lowest BCUT2D eigenvalue weighted by Crippen LogP contribution is -2.40. The highest BCUT2D eigenvalue weighted by Gasteiger charge is 2.51. The quantitative estimate of drug-likeness (QED) is 0.552. The van der Waals surface area contributed by atoms with Crippen LogP contribution in [0.15, 0.2) is 18.6 Å². The Morgan fingerprint density at radius 2 is 2.19 bits per heavy atom. The van der Waals surface area contributed by atoms with Crippen LogP contribution in [0.3, 0.4) is 0 Å². The van der Waals surface area contributed by atoms with E-state index >= 15 is 0 Å². The van der Waals surface area contributed by atoms with Gasteiger partial charge in [0, 0.05) is 6.20 Å². The van der Waals surface area contributed by atoms with E-state index in [0.29, 0.717) is 16.9 Å². The van der Waals surface area contributed by atoms with Crippen LogP contribution in [0.25, 0.3) is 11.0 Å². The van der Waals surface area contributed by atoms with E-state index in [0.717, 1.165) is 0 Å². The van der Waals surface area contributed by atoms with E-state index in [4.69, 9.17) is 9.57 Å². The van der Waals surface area contributed by atoms with Gasteiger partial charge in [0.2, 0.25) is 0 Å². The fraction of sp³-hybridized carbons (Fsp3) is 0.500. The number of aliphatic hydroxyl groups is 3. The highest BCUT2D eigenvalue weighted by atomic mass is 16.7. The smallest absolute Gasteiger partial charge is 0.194 e. The molecule has 21 heavy (non-hydrogen) atoms. The topological polar surface area (TPSA) is 122 Å². The summed E-state index contributed by atoms with van der Waals surface area (Å²) in [5, 5.41) is 30.4. The van der Waals surface area contributed by atoms with Crippen molar-refractivity contribution in [3.8, 4) is 0 Å². The molecule has 2 aromatic heterocycles. The molecule has 1 fully saturated rings. The molecule has 0 radical (unpaired) electrons. The van der Waals surface area contributed by atoms with Crippen molar-refractivity contribution in [3.63, 3.8) is 0 Å². The SMILES string of the molecule is CONc1ncnc2c1ccn2C1OC(C)(O)C(O)C1O. The van der Waals surface area contributed by atoms with E-state index in [9.17, 15) is 15.3 Å². The van der Waals surface area contributed by atoms with Crippen LogP contribution < -0.4 is 5.48 Å². The average molecular weight is 296 g/mol. The number of hydrogen-bond acceptors (Lipinski definition) is 8. The Morgan fingerprint density at radius 1 is 1.43 bits per heavy atom. The Bertz CT molecular complexity index is 658. The van der Waals surface area contributed by atoms with Crippen molar-refractivity contribution in [2.24, 2.45) is 0 Å². The Morgan fingerprint density at radius 3 is 2.81 bits per heavy atom. The molecule has 1 aliphatic heterocycles. The third-order valence-corrected chi connectivity index (χ3v) is 3.51. The molecule has 0 aromatic carbocycles. The molecule has 2 aromatic rings. The average Bonchev–Trinajstić information content (AvgIpc) is 2.95. The minimum absolute atomic E-state index is 0.459. The summed E-state index contributed by atoms with van der Waals surface area (Å²) in [7, 11) is 1.46. The van der Waals surface area contributed by atoms with Gasteiger partial charge >= 0.3 is 0 Å². The summed E-state index contributed by atoms with van der Waals surface area (Å²) >= 11 is 0. The molecule has 0 saturated carbocycles. The molecular weight excluding hydrogens is 280 g/mol. The predicted octanol–water partition coefficient (Wildman–Crippen LogP) is -0.636. The summed E-state index contributed by atoms with van der Waals surface area (Å²) in [5.41, 5.74) is 3.09. The second-order valence-electron chi connectivity index (χ2n) is 4.99. The molecule has 0 amide bonds. The van der Waals surface area contributed by atoms with Gasteiger partial charge in [0.05, 0.1) is 12.5 Å². The minimum atomic E-state index is -1.83. The predicted molar refractivity (Wildman–Crippen MR) is 70.9 cm³/mol. The van der Waals surface area contributed by atoms with Crippen molar-refractivity contribution in [1.82, 2.24) is 14.5 Å². The second-order valence-corrected chi connectivity index (χ2v) is 4.99. The van der Waals surface area contributed by atoms with E-state index in [2.05, 4.69) is 15.4 Å². The fourth-order valence-corrected chi connectivity index (χ4v) is 2.43. The second kappa shape index (κ2) is 4.90. The number of ether oxygens (including phenoxy) is 1. The van der Waals surface area contributed by atoms with Crippen molar-refractivity contribution in [3.05, 3.63) is 18.6 Å². The summed E-state index contributed by atoms with van der Waals surface area (Å²) < 4.78 is 6.85. The van der Waals surface area contributed by atoms with Gasteiger partial charge < -0.3 is 24.6 Å². The van der Waals surface area contributed by atoms with Gasteiger partial charge in [-0.05, 0) is 13.0 Å². The van der Waals surface area contributed by atoms with Crippen molar-refractivity contribution >= 4 is 16.9 Å². The van der Waals surface area contributed by atoms with Gasteiger partial charge in [-0.1, -0.05) is 0 Å². The molecule has 9 nitrogen and oxygen atoms in total. The van der Waals surface area contributed by atoms with Gasteiger partial charge in [0.25, 0.3) is 0 Å². The van der Waals surface area contributed by atoms with Crippen LogP contribution in [-0.4, -0.2) is 55.0 Å². The van der Waals surface area contributed by atoms with Gasteiger partial charge in [-0.25, -0.2) is 15.4 Å². The first kappa shape index (κ1) is 14.2. The highest BCUT2D eigenvalue weighted by molar-refractivity contribution is 5.86. The summed E-state index contributed by atoms with van der Waals surface area (Å²) in [5.74, 6) is -1.37. The Labute approximate surface area is 119 Å². The van der Waals surface area contributed by atoms with Crippen LogP contribution in [0.4, 0.5) is 5.82 Å².